The second-order valence-corrected chi connectivity index (χ2v) is 6.10. The molecule has 3 amide bonds. The Kier molecular flexibility index (Phi) is 7.53. The van der Waals surface area contributed by atoms with Crippen LogP contribution in [0, 0.1) is 0 Å². The summed E-state index contributed by atoms with van der Waals surface area (Å²) < 4.78 is 0. The lowest BCUT2D eigenvalue weighted by molar-refractivity contribution is -0.120. The van der Waals surface area contributed by atoms with Crippen molar-refractivity contribution in [2.45, 2.75) is 20.3 Å². The quantitative estimate of drug-likeness (QED) is 0.698. The number of rotatable bonds is 7. The van der Waals surface area contributed by atoms with E-state index < -0.39 is 0 Å². The molecular formula is C18H29N5O2. The summed E-state index contributed by atoms with van der Waals surface area (Å²) in [5.41, 5.74) is 1.78. The maximum Gasteiger partial charge on any atom is 0.319 e. The first kappa shape index (κ1) is 19.1. The number of nitrogens with zero attached hydrogens (tertiary/aromatic N) is 2. The summed E-state index contributed by atoms with van der Waals surface area (Å²) in [6.45, 7) is 9.74. The summed E-state index contributed by atoms with van der Waals surface area (Å²) in [7, 11) is 0. The summed E-state index contributed by atoms with van der Waals surface area (Å²) in [5.74, 6) is -0.180. The molecule has 1 saturated heterocycles. The minimum atomic E-state index is -0.369. The number of carbonyl (C=O) groups is 2. The van der Waals surface area contributed by atoms with Crippen LogP contribution < -0.4 is 20.9 Å². The van der Waals surface area contributed by atoms with Crippen LogP contribution >= 0.6 is 0 Å². The minimum absolute atomic E-state index is 0.0246. The number of para-hydroxylation sites is 2. The molecule has 1 aliphatic rings. The van der Waals surface area contributed by atoms with Crippen LogP contribution in [0.2, 0.25) is 0 Å². The van der Waals surface area contributed by atoms with E-state index in [4.69, 9.17) is 0 Å². The van der Waals surface area contributed by atoms with Crippen LogP contribution in [-0.2, 0) is 4.79 Å². The van der Waals surface area contributed by atoms with Gasteiger partial charge in [0.2, 0.25) is 5.91 Å². The molecule has 3 N–H and O–H groups in total. The number of urea groups is 1. The van der Waals surface area contributed by atoms with Gasteiger partial charge in [-0.3, -0.25) is 4.79 Å². The maximum absolute atomic E-state index is 12.1. The first-order valence-electron chi connectivity index (χ1n) is 9.02. The smallest absolute Gasteiger partial charge is 0.319 e. The lowest BCUT2D eigenvalue weighted by Gasteiger charge is -2.36. The summed E-state index contributed by atoms with van der Waals surface area (Å²) in [6, 6.07) is 7.41. The SMILES string of the molecule is CCCNC(=O)CNC(=O)Nc1ccccc1N1CCN(CC)CC1. The Labute approximate surface area is 149 Å². The Morgan fingerprint density at radius 2 is 1.76 bits per heavy atom. The van der Waals surface area contributed by atoms with Crippen LogP contribution in [0.25, 0.3) is 0 Å². The Bertz CT molecular complexity index is 570. The lowest BCUT2D eigenvalue weighted by Crippen LogP contribution is -2.46. The van der Waals surface area contributed by atoms with Gasteiger partial charge >= 0.3 is 6.03 Å². The molecule has 0 saturated carbocycles. The molecule has 0 atom stereocenters. The van der Waals surface area contributed by atoms with E-state index in [0.29, 0.717) is 6.54 Å². The molecule has 1 heterocycles. The molecule has 25 heavy (non-hydrogen) atoms. The number of piperazine rings is 1. The highest BCUT2D eigenvalue weighted by atomic mass is 16.2. The van der Waals surface area contributed by atoms with Gasteiger partial charge in [0.15, 0.2) is 0 Å². The van der Waals surface area contributed by atoms with Crippen molar-refractivity contribution in [3.8, 4) is 0 Å². The van der Waals surface area contributed by atoms with E-state index in [1.54, 1.807) is 0 Å². The van der Waals surface area contributed by atoms with E-state index in [2.05, 4.69) is 32.7 Å². The van der Waals surface area contributed by atoms with Crippen LogP contribution in [0.4, 0.5) is 16.2 Å². The van der Waals surface area contributed by atoms with Gasteiger partial charge in [-0.25, -0.2) is 4.79 Å². The second-order valence-electron chi connectivity index (χ2n) is 6.10. The van der Waals surface area contributed by atoms with Crippen LogP contribution in [0.5, 0.6) is 0 Å². The number of carbonyl (C=O) groups excluding carboxylic acids is 2. The molecule has 0 spiro atoms. The van der Waals surface area contributed by atoms with Gasteiger partial charge in [0.1, 0.15) is 0 Å². The minimum Gasteiger partial charge on any atom is -0.367 e. The van der Waals surface area contributed by atoms with Crippen LogP contribution in [0.15, 0.2) is 24.3 Å². The van der Waals surface area contributed by atoms with Gasteiger partial charge < -0.3 is 25.8 Å². The molecule has 0 aliphatic carbocycles. The number of benzene rings is 1. The zero-order valence-corrected chi connectivity index (χ0v) is 15.2. The van der Waals surface area contributed by atoms with Crippen molar-refractivity contribution in [1.82, 2.24) is 15.5 Å². The number of likely N-dealkylation sites (N-methyl/N-ethyl adjacent to an activating group) is 1. The van der Waals surface area contributed by atoms with Gasteiger partial charge in [-0.2, -0.15) is 0 Å². The van der Waals surface area contributed by atoms with Gasteiger partial charge in [0, 0.05) is 32.7 Å². The van der Waals surface area contributed by atoms with E-state index in [1.807, 2.05) is 31.2 Å². The topological polar surface area (TPSA) is 76.7 Å². The molecular weight excluding hydrogens is 318 g/mol. The number of amides is 3. The van der Waals surface area contributed by atoms with E-state index in [9.17, 15) is 9.59 Å². The van der Waals surface area contributed by atoms with Crippen molar-refractivity contribution in [2.24, 2.45) is 0 Å². The number of hydrogen-bond acceptors (Lipinski definition) is 4. The van der Waals surface area contributed by atoms with Gasteiger partial charge in [0.05, 0.1) is 17.9 Å². The highest BCUT2D eigenvalue weighted by Crippen LogP contribution is 2.26. The van der Waals surface area contributed by atoms with E-state index in [1.165, 1.54) is 0 Å². The first-order valence-corrected chi connectivity index (χ1v) is 9.02. The molecule has 0 bridgehead atoms. The fourth-order valence-corrected chi connectivity index (χ4v) is 2.81. The Hall–Kier alpha value is -2.28. The third-order valence-electron chi connectivity index (χ3n) is 4.29. The van der Waals surface area contributed by atoms with Crippen LogP contribution in [0.3, 0.4) is 0 Å². The van der Waals surface area contributed by atoms with Crippen LogP contribution in [-0.4, -0.2) is 62.7 Å². The molecule has 2 rings (SSSR count). The molecule has 1 aliphatic heterocycles. The monoisotopic (exact) mass is 347 g/mol. The third kappa shape index (κ3) is 5.94. The molecule has 1 fully saturated rings. The molecule has 7 heteroatoms. The highest BCUT2D eigenvalue weighted by Gasteiger charge is 2.18. The first-order chi connectivity index (χ1) is 12.1. The molecule has 1 aromatic carbocycles. The predicted octanol–water partition coefficient (Wildman–Crippen LogP) is 1.48. The van der Waals surface area contributed by atoms with Gasteiger partial charge in [-0.15, -0.1) is 0 Å². The van der Waals surface area contributed by atoms with Crippen molar-refractivity contribution in [3.05, 3.63) is 24.3 Å². The zero-order valence-electron chi connectivity index (χ0n) is 15.2. The average molecular weight is 347 g/mol. The second kappa shape index (κ2) is 9.88. The number of hydrogen-bond donors (Lipinski definition) is 3. The van der Waals surface area contributed by atoms with E-state index in [0.717, 1.165) is 50.5 Å². The van der Waals surface area contributed by atoms with Crippen LogP contribution in [0.1, 0.15) is 20.3 Å². The van der Waals surface area contributed by atoms with Crippen molar-refractivity contribution in [1.29, 1.82) is 0 Å². The normalized spacial score (nSPS) is 14.9. The molecule has 7 nitrogen and oxygen atoms in total. The standard InChI is InChI=1S/C18H29N5O2/c1-3-9-19-17(24)14-20-18(25)21-15-7-5-6-8-16(15)23-12-10-22(4-2)11-13-23/h5-8H,3-4,9-14H2,1-2H3,(H,19,24)(H2,20,21,25). The van der Waals surface area contributed by atoms with Gasteiger partial charge in [-0.1, -0.05) is 26.0 Å². The molecule has 0 aromatic heterocycles. The van der Waals surface area contributed by atoms with Crippen molar-refractivity contribution in [2.75, 3.05) is 56.0 Å². The Morgan fingerprint density at radius 3 is 2.44 bits per heavy atom. The molecule has 1 aromatic rings. The highest BCUT2D eigenvalue weighted by molar-refractivity contribution is 5.95. The average Bonchev–Trinajstić information content (AvgIpc) is 2.65. The summed E-state index contributed by atoms with van der Waals surface area (Å²) in [5, 5.41) is 8.19. The van der Waals surface area contributed by atoms with Crippen molar-refractivity contribution < 1.29 is 9.59 Å². The molecule has 138 valence electrons. The largest absolute Gasteiger partial charge is 0.367 e. The summed E-state index contributed by atoms with van der Waals surface area (Å²) >= 11 is 0. The summed E-state index contributed by atoms with van der Waals surface area (Å²) in [4.78, 5) is 28.4. The third-order valence-corrected chi connectivity index (χ3v) is 4.29. The Balaban J connectivity index is 1.89. The zero-order chi connectivity index (χ0) is 18.1. The van der Waals surface area contributed by atoms with Crippen molar-refractivity contribution >= 4 is 23.3 Å². The fourth-order valence-electron chi connectivity index (χ4n) is 2.81. The number of nitrogens with one attached hydrogen (secondary N) is 3. The van der Waals surface area contributed by atoms with E-state index in [-0.39, 0.29) is 18.5 Å². The Morgan fingerprint density at radius 1 is 1.04 bits per heavy atom. The summed E-state index contributed by atoms with van der Waals surface area (Å²) in [6.07, 6.45) is 0.872. The predicted molar refractivity (Wildman–Crippen MR) is 101 cm³/mol. The van der Waals surface area contributed by atoms with Crippen molar-refractivity contribution in [3.63, 3.8) is 0 Å². The van der Waals surface area contributed by atoms with E-state index >= 15 is 0 Å². The van der Waals surface area contributed by atoms with Gasteiger partial charge in [0.25, 0.3) is 0 Å². The lowest BCUT2D eigenvalue weighted by atomic mass is 10.2. The fraction of sp³-hybridized carbons (Fsp3) is 0.556. The number of anilines is 2. The van der Waals surface area contributed by atoms with Gasteiger partial charge in [-0.05, 0) is 25.1 Å². The molecule has 0 radical (unpaired) electrons. The maximum atomic E-state index is 12.1. The molecule has 0 unspecified atom stereocenters.